The highest BCUT2D eigenvalue weighted by molar-refractivity contribution is 5.85. The third-order valence-electron chi connectivity index (χ3n) is 4.44. The first kappa shape index (κ1) is 18.0. The zero-order valence-corrected chi connectivity index (χ0v) is 15.0. The quantitative estimate of drug-likeness (QED) is 0.742. The highest BCUT2D eigenvalue weighted by atomic mass is 16.6. The lowest BCUT2D eigenvalue weighted by Crippen LogP contribution is -2.45. The van der Waals surface area contributed by atoms with Crippen molar-refractivity contribution < 1.29 is 19.1 Å². The van der Waals surface area contributed by atoms with Gasteiger partial charge >= 0.3 is 12.1 Å². The number of ether oxygens (including phenoxy) is 2. The third-order valence-corrected chi connectivity index (χ3v) is 4.44. The van der Waals surface area contributed by atoms with Crippen LogP contribution in [0.2, 0.25) is 0 Å². The van der Waals surface area contributed by atoms with Crippen LogP contribution in [-0.4, -0.2) is 29.1 Å². The van der Waals surface area contributed by atoms with Gasteiger partial charge in [0.05, 0.1) is 6.54 Å². The normalized spacial score (nSPS) is 19.5. The molecule has 0 spiro atoms. The van der Waals surface area contributed by atoms with Gasteiger partial charge in [-0.25, -0.2) is 9.59 Å². The second kappa shape index (κ2) is 8.04. The summed E-state index contributed by atoms with van der Waals surface area (Å²) in [6.07, 6.45) is -0.997. The first-order chi connectivity index (χ1) is 12.6. The summed E-state index contributed by atoms with van der Waals surface area (Å²) in [5, 5.41) is 0. The second-order valence-electron chi connectivity index (χ2n) is 6.74. The molecule has 0 saturated carbocycles. The minimum atomic E-state index is -0.744. The van der Waals surface area contributed by atoms with E-state index in [4.69, 9.17) is 9.47 Å². The Morgan fingerprint density at radius 3 is 2.19 bits per heavy atom. The van der Waals surface area contributed by atoms with E-state index in [1.165, 1.54) is 4.90 Å². The maximum absolute atomic E-state index is 12.8. The van der Waals surface area contributed by atoms with Crippen LogP contribution < -0.4 is 0 Å². The van der Waals surface area contributed by atoms with Crippen LogP contribution in [0.15, 0.2) is 60.7 Å². The SMILES string of the molecule is CC(C)[C@@H]1OC(=O)N(Cc2ccccc2)[C@H]1C(=O)OCc1ccccc1. The van der Waals surface area contributed by atoms with Gasteiger partial charge < -0.3 is 9.47 Å². The standard InChI is InChI=1S/C21H23NO4/c1-15(2)19-18(20(23)25-14-17-11-7-4-8-12-17)22(21(24)26-19)13-16-9-5-3-6-10-16/h3-12,15,18-19H,13-14H2,1-2H3/t18-,19+/m1/s1. The van der Waals surface area contributed by atoms with Crippen molar-refractivity contribution in [1.29, 1.82) is 0 Å². The number of benzene rings is 2. The first-order valence-electron chi connectivity index (χ1n) is 8.78. The number of nitrogens with zero attached hydrogens (tertiary/aromatic N) is 1. The Morgan fingerprint density at radius 1 is 1.04 bits per heavy atom. The van der Waals surface area contributed by atoms with Crippen molar-refractivity contribution in [1.82, 2.24) is 4.90 Å². The summed E-state index contributed by atoms with van der Waals surface area (Å²) in [5.74, 6) is -0.427. The maximum Gasteiger partial charge on any atom is 0.411 e. The Balaban J connectivity index is 1.76. The summed E-state index contributed by atoms with van der Waals surface area (Å²) in [4.78, 5) is 26.6. The molecule has 0 radical (unpaired) electrons. The molecule has 2 aromatic rings. The molecule has 136 valence electrons. The molecule has 3 rings (SSSR count). The molecule has 1 aliphatic rings. The number of hydrogen-bond acceptors (Lipinski definition) is 4. The van der Waals surface area contributed by atoms with E-state index in [0.29, 0.717) is 6.54 Å². The van der Waals surface area contributed by atoms with Gasteiger partial charge in [0.2, 0.25) is 0 Å². The lowest BCUT2D eigenvalue weighted by Gasteiger charge is -2.24. The van der Waals surface area contributed by atoms with E-state index >= 15 is 0 Å². The molecule has 2 atom stereocenters. The van der Waals surface area contributed by atoms with Gasteiger partial charge in [-0.2, -0.15) is 0 Å². The minimum Gasteiger partial charge on any atom is -0.459 e. The third kappa shape index (κ3) is 4.04. The van der Waals surface area contributed by atoms with Gasteiger partial charge in [0.15, 0.2) is 6.04 Å². The predicted molar refractivity (Wildman–Crippen MR) is 97.1 cm³/mol. The molecule has 1 fully saturated rings. The molecular weight excluding hydrogens is 330 g/mol. The summed E-state index contributed by atoms with van der Waals surface area (Å²) in [5.41, 5.74) is 1.84. The molecule has 0 aromatic heterocycles. The molecule has 26 heavy (non-hydrogen) atoms. The lowest BCUT2D eigenvalue weighted by molar-refractivity contribution is -0.151. The zero-order chi connectivity index (χ0) is 18.5. The van der Waals surface area contributed by atoms with Crippen molar-refractivity contribution in [2.24, 2.45) is 5.92 Å². The van der Waals surface area contributed by atoms with Crippen LogP contribution in [-0.2, 0) is 27.4 Å². The van der Waals surface area contributed by atoms with Crippen molar-refractivity contribution >= 4 is 12.1 Å². The number of cyclic esters (lactones) is 1. The fourth-order valence-corrected chi connectivity index (χ4v) is 3.06. The number of amides is 1. The van der Waals surface area contributed by atoms with Crippen LogP contribution in [0.3, 0.4) is 0 Å². The summed E-state index contributed by atoms with van der Waals surface area (Å²) < 4.78 is 11.0. The van der Waals surface area contributed by atoms with E-state index < -0.39 is 24.2 Å². The Morgan fingerprint density at radius 2 is 1.62 bits per heavy atom. The fourth-order valence-electron chi connectivity index (χ4n) is 3.06. The summed E-state index contributed by atoms with van der Waals surface area (Å²) in [6.45, 7) is 4.35. The number of carbonyl (C=O) groups is 2. The smallest absolute Gasteiger partial charge is 0.411 e. The van der Waals surface area contributed by atoms with Gasteiger partial charge in [0.1, 0.15) is 12.7 Å². The predicted octanol–water partition coefficient (Wildman–Crippen LogP) is 3.78. The van der Waals surface area contributed by atoms with Crippen molar-refractivity contribution in [3.63, 3.8) is 0 Å². The van der Waals surface area contributed by atoms with E-state index in [9.17, 15) is 9.59 Å². The van der Waals surface area contributed by atoms with E-state index in [0.717, 1.165) is 11.1 Å². The van der Waals surface area contributed by atoms with Crippen molar-refractivity contribution in [2.75, 3.05) is 0 Å². The Kier molecular flexibility index (Phi) is 5.56. The van der Waals surface area contributed by atoms with Crippen LogP contribution >= 0.6 is 0 Å². The van der Waals surface area contributed by atoms with Gasteiger partial charge in [0, 0.05) is 0 Å². The molecule has 2 aromatic carbocycles. The molecule has 5 heteroatoms. The molecular formula is C21H23NO4. The molecule has 1 heterocycles. The molecule has 0 bridgehead atoms. The zero-order valence-electron chi connectivity index (χ0n) is 15.0. The van der Waals surface area contributed by atoms with Crippen LogP contribution in [0.25, 0.3) is 0 Å². The average molecular weight is 353 g/mol. The van der Waals surface area contributed by atoms with Crippen molar-refractivity contribution in [3.05, 3.63) is 71.8 Å². The highest BCUT2D eigenvalue weighted by Gasteiger charge is 2.48. The van der Waals surface area contributed by atoms with Gasteiger partial charge in [-0.3, -0.25) is 4.90 Å². The van der Waals surface area contributed by atoms with Gasteiger partial charge in [-0.15, -0.1) is 0 Å². The van der Waals surface area contributed by atoms with E-state index in [1.807, 2.05) is 74.5 Å². The Labute approximate surface area is 153 Å². The van der Waals surface area contributed by atoms with Crippen LogP contribution in [0.5, 0.6) is 0 Å². The maximum atomic E-state index is 12.8. The summed E-state index contributed by atoms with van der Waals surface area (Å²) in [7, 11) is 0. The molecule has 1 amide bonds. The van der Waals surface area contributed by atoms with E-state index in [1.54, 1.807) is 0 Å². The monoisotopic (exact) mass is 353 g/mol. The lowest BCUT2D eigenvalue weighted by atomic mass is 9.99. The van der Waals surface area contributed by atoms with E-state index in [-0.39, 0.29) is 12.5 Å². The van der Waals surface area contributed by atoms with Crippen molar-refractivity contribution in [2.45, 2.75) is 39.1 Å². The molecule has 5 nitrogen and oxygen atoms in total. The minimum absolute atomic E-state index is 0.00833. The molecule has 0 unspecified atom stereocenters. The molecule has 0 N–H and O–H groups in total. The van der Waals surface area contributed by atoms with Gasteiger partial charge in [0.25, 0.3) is 0 Å². The van der Waals surface area contributed by atoms with Crippen LogP contribution in [0.1, 0.15) is 25.0 Å². The topological polar surface area (TPSA) is 55.8 Å². The van der Waals surface area contributed by atoms with Gasteiger partial charge in [-0.05, 0) is 17.0 Å². The summed E-state index contributed by atoms with van der Waals surface area (Å²) >= 11 is 0. The highest BCUT2D eigenvalue weighted by Crippen LogP contribution is 2.28. The molecule has 1 aliphatic heterocycles. The second-order valence-corrected chi connectivity index (χ2v) is 6.74. The molecule has 1 saturated heterocycles. The largest absolute Gasteiger partial charge is 0.459 e. The number of rotatable bonds is 6. The van der Waals surface area contributed by atoms with E-state index in [2.05, 4.69) is 0 Å². The number of esters is 1. The van der Waals surface area contributed by atoms with Gasteiger partial charge in [-0.1, -0.05) is 74.5 Å². The first-order valence-corrected chi connectivity index (χ1v) is 8.78. The Bertz CT molecular complexity index is 745. The number of carbonyl (C=O) groups excluding carboxylic acids is 2. The average Bonchev–Trinajstić information content (AvgIpc) is 2.98. The summed E-state index contributed by atoms with van der Waals surface area (Å²) in [6, 6.07) is 18.3. The molecule has 0 aliphatic carbocycles. The number of hydrogen-bond donors (Lipinski definition) is 0. The fraction of sp³-hybridized carbons (Fsp3) is 0.333. The Hall–Kier alpha value is -2.82. The van der Waals surface area contributed by atoms with Crippen LogP contribution in [0.4, 0.5) is 4.79 Å². The van der Waals surface area contributed by atoms with Crippen LogP contribution in [0, 0.1) is 5.92 Å². The van der Waals surface area contributed by atoms with Crippen molar-refractivity contribution in [3.8, 4) is 0 Å².